The van der Waals surface area contributed by atoms with E-state index in [0.717, 1.165) is 33.4 Å². The number of halogens is 1. The molecule has 21 heavy (non-hydrogen) atoms. The summed E-state index contributed by atoms with van der Waals surface area (Å²) in [6.07, 6.45) is 2.84. The van der Waals surface area contributed by atoms with Crippen molar-refractivity contribution in [1.82, 2.24) is 14.5 Å². The molecule has 0 amide bonds. The first-order valence-electron chi connectivity index (χ1n) is 6.94. The van der Waals surface area contributed by atoms with Gasteiger partial charge in [-0.1, -0.05) is 37.3 Å². The Bertz CT molecular complexity index is 807. The van der Waals surface area contributed by atoms with Crippen LogP contribution in [0.2, 0.25) is 0 Å². The van der Waals surface area contributed by atoms with E-state index < -0.39 is 0 Å². The highest BCUT2D eigenvalue weighted by Gasteiger charge is 2.09. The van der Waals surface area contributed by atoms with Gasteiger partial charge in [-0.25, -0.2) is 4.98 Å². The van der Waals surface area contributed by atoms with Crippen molar-refractivity contribution in [3.63, 3.8) is 0 Å². The Morgan fingerprint density at radius 2 is 2.10 bits per heavy atom. The number of H-pyrrole nitrogens is 1. The van der Waals surface area contributed by atoms with Gasteiger partial charge < -0.3 is 9.55 Å². The molecular weight excluding hydrogens is 346 g/mol. The lowest BCUT2D eigenvalue weighted by molar-refractivity contribution is 0.579. The fourth-order valence-corrected chi connectivity index (χ4v) is 3.12. The Hall–Kier alpha value is -1.46. The Morgan fingerprint density at radius 1 is 1.33 bits per heavy atom. The van der Waals surface area contributed by atoms with E-state index in [9.17, 15) is 0 Å². The molecule has 0 aliphatic heterocycles. The van der Waals surface area contributed by atoms with Gasteiger partial charge in [0.1, 0.15) is 0 Å². The molecule has 0 fully saturated rings. The summed E-state index contributed by atoms with van der Waals surface area (Å²) in [5, 5.41) is 0. The Kier molecular flexibility index (Phi) is 4.22. The second kappa shape index (κ2) is 6.12. The maximum atomic E-state index is 5.42. The standard InChI is InChI=1S/C16H16BrN3S/c1-11(12-5-3-2-4-6-12)7-8-20-15-14(19-16(20)21)9-13(17)10-18-15/h2-6,9-11H,7-8H2,1H3,(H,19,21). The van der Waals surface area contributed by atoms with E-state index >= 15 is 0 Å². The Balaban J connectivity index is 1.82. The minimum atomic E-state index is 0.494. The molecule has 2 aromatic heterocycles. The maximum Gasteiger partial charge on any atom is 0.179 e. The van der Waals surface area contributed by atoms with Crippen LogP contribution in [-0.2, 0) is 6.54 Å². The lowest BCUT2D eigenvalue weighted by atomic mass is 9.98. The monoisotopic (exact) mass is 361 g/mol. The van der Waals surface area contributed by atoms with Gasteiger partial charge in [-0.05, 0) is 52.1 Å². The molecule has 3 nitrogen and oxygen atoms in total. The highest BCUT2D eigenvalue weighted by Crippen LogP contribution is 2.22. The van der Waals surface area contributed by atoms with Gasteiger partial charge in [-0.2, -0.15) is 0 Å². The number of aromatic amines is 1. The summed E-state index contributed by atoms with van der Waals surface area (Å²) in [5.74, 6) is 0.494. The quantitative estimate of drug-likeness (QED) is 0.659. The largest absolute Gasteiger partial charge is 0.329 e. The van der Waals surface area contributed by atoms with Crippen molar-refractivity contribution >= 4 is 39.3 Å². The summed E-state index contributed by atoms with van der Waals surface area (Å²) >= 11 is 8.85. The molecule has 2 heterocycles. The van der Waals surface area contributed by atoms with E-state index in [1.807, 2.05) is 18.3 Å². The van der Waals surface area contributed by atoms with E-state index in [1.54, 1.807) is 0 Å². The molecule has 0 spiro atoms. The highest BCUT2D eigenvalue weighted by molar-refractivity contribution is 9.10. The minimum Gasteiger partial charge on any atom is -0.329 e. The first-order chi connectivity index (χ1) is 10.1. The molecular formula is C16H16BrN3S. The Labute approximate surface area is 137 Å². The average Bonchev–Trinajstić information content (AvgIpc) is 2.80. The van der Waals surface area contributed by atoms with Crippen molar-refractivity contribution in [1.29, 1.82) is 0 Å². The number of aryl methyl sites for hydroxylation is 1. The van der Waals surface area contributed by atoms with Gasteiger partial charge in [-0.3, -0.25) is 0 Å². The summed E-state index contributed by atoms with van der Waals surface area (Å²) in [6, 6.07) is 12.6. The predicted octanol–water partition coefficient (Wildman–Crippen LogP) is 5.05. The summed E-state index contributed by atoms with van der Waals surface area (Å²) in [7, 11) is 0. The number of fused-ring (bicyclic) bond motifs is 1. The van der Waals surface area contributed by atoms with Crippen LogP contribution >= 0.6 is 28.1 Å². The number of nitrogens with one attached hydrogen (secondary N) is 1. The molecule has 3 rings (SSSR count). The van der Waals surface area contributed by atoms with Crippen LogP contribution in [0.4, 0.5) is 0 Å². The SMILES string of the molecule is CC(CCn1c(=S)[nH]c2cc(Br)cnc21)c1ccccc1. The van der Waals surface area contributed by atoms with Crippen LogP contribution < -0.4 is 0 Å². The molecule has 3 aromatic rings. The van der Waals surface area contributed by atoms with Crippen LogP contribution in [-0.4, -0.2) is 14.5 Å². The second-order valence-corrected chi connectivity index (χ2v) is 6.51. The smallest absolute Gasteiger partial charge is 0.179 e. The summed E-state index contributed by atoms with van der Waals surface area (Å²) in [5.41, 5.74) is 3.25. The van der Waals surface area contributed by atoms with Crippen molar-refractivity contribution in [2.75, 3.05) is 0 Å². The molecule has 1 N–H and O–H groups in total. The van der Waals surface area contributed by atoms with Crippen molar-refractivity contribution in [2.24, 2.45) is 0 Å². The zero-order valence-corrected chi connectivity index (χ0v) is 14.1. The number of imidazole rings is 1. The minimum absolute atomic E-state index is 0.494. The fraction of sp³-hybridized carbons (Fsp3) is 0.250. The van der Waals surface area contributed by atoms with Crippen LogP contribution in [0.15, 0.2) is 47.1 Å². The average molecular weight is 362 g/mol. The van der Waals surface area contributed by atoms with Gasteiger partial charge in [0, 0.05) is 17.2 Å². The van der Waals surface area contributed by atoms with Crippen molar-refractivity contribution < 1.29 is 0 Å². The first kappa shape index (κ1) is 14.5. The van der Waals surface area contributed by atoms with Crippen LogP contribution in [0.5, 0.6) is 0 Å². The van der Waals surface area contributed by atoms with Crippen LogP contribution in [0.25, 0.3) is 11.2 Å². The number of pyridine rings is 1. The number of hydrogen-bond acceptors (Lipinski definition) is 2. The maximum absolute atomic E-state index is 5.42. The lowest BCUT2D eigenvalue weighted by Gasteiger charge is -2.12. The third-order valence-corrected chi connectivity index (χ3v) is 4.49. The van der Waals surface area contributed by atoms with Crippen LogP contribution in [0.1, 0.15) is 24.8 Å². The molecule has 0 saturated carbocycles. The van der Waals surface area contributed by atoms with E-state index in [1.165, 1.54) is 5.56 Å². The van der Waals surface area contributed by atoms with Crippen molar-refractivity contribution in [3.05, 3.63) is 57.4 Å². The molecule has 0 bridgehead atoms. The highest BCUT2D eigenvalue weighted by atomic mass is 79.9. The van der Waals surface area contributed by atoms with Gasteiger partial charge in [0.2, 0.25) is 0 Å². The van der Waals surface area contributed by atoms with Gasteiger partial charge in [-0.15, -0.1) is 0 Å². The van der Waals surface area contributed by atoms with E-state index in [2.05, 4.69) is 61.7 Å². The van der Waals surface area contributed by atoms with Crippen molar-refractivity contribution in [2.45, 2.75) is 25.8 Å². The lowest BCUT2D eigenvalue weighted by Crippen LogP contribution is -2.03. The predicted molar refractivity (Wildman–Crippen MR) is 92.1 cm³/mol. The van der Waals surface area contributed by atoms with E-state index in [4.69, 9.17) is 12.2 Å². The topological polar surface area (TPSA) is 33.6 Å². The number of benzene rings is 1. The molecule has 0 aliphatic carbocycles. The van der Waals surface area contributed by atoms with Crippen molar-refractivity contribution in [3.8, 4) is 0 Å². The number of nitrogens with zero attached hydrogens (tertiary/aromatic N) is 2. The van der Waals surface area contributed by atoms with Gasteiger partial charge >= 0.3 is 0 Å². The van der Waals surface area contributed by atoms with Crippen LogP contribution in [0, 0.1) is 4.77 Å². The number of aromatic nitrogens is 3. The molecule has 1 atom stereocenters. The first-order valence-corrected chi connectivity index (χ1v) is 8.14. The zero-order chi connectivity index (χ0) is 14.8. The molecule has 5 heteroatoms. The summed E-state index contributed by atoms with van der Waals surface area (Å²) in [4.78, 5) is 7.69. The Morgan fingerprint density at radius 3 is 2.86 bits per heavy atom. The molecule has 0 saturated heterocycles. The fourth-order valence-electron chi connectivity index (χ4n) is 2.50. The van der Waals surface area contributed by atoms with E-state index in [0.29, 0.717) is 5.92 Å². The molecule has 1 unspecified atom stereocenters. The zero-order valence-electron chi connectivity index (χ0n) is 11.7. The third kappa shape index (κ3) is 3.09. The summed E-state index contributed by atoms with van der Waals surface area (Å²) in [6.45, 7) is 3.11. The summed E-state index contributed by atoms with van der Waals surface area (Å²) < 4.78 is 3.77. The molecule has 0 radical (unpaired) electrons. The molecule has 0 aliphatic rings. The second-order valence-electron chi connectivity index (χ2n) is 5.21. The van der Waals surface area contributed by atoms with Gasteiger partial charge in [0.15, 0.2) is 10.4 Å². The van der Waals surface area contributed by atoms with E-state index in [-0.39, 0.29) is 0 Å². The van der Waals surface area contributed by atoms with Crippen LogP contribution in [0.3, 0.4) is 0 Å². The molecule has 1 aromatic carbocycles. The number of hydrogen-bond donors (Lipinski definition) is 1. The third-order valence-electron chi connectivity index (χ3n) is 3.73. The normalized spacial score (nSPS) is 12.7. The number of rotatable bonds is 4. The van der Waals surface area contributed by atoms with Gasteiger partial charge in [0.25, 0.3) is 0 Å². The molecule has 108 valence electrons. The van der Waals surface area contributed by atoms with Gasteiger partial charge in [0.05, 0.1) is 5.52 Å².